The van der Waals surface area contributed by atoms with Crippen molar-refractivity contribution in [3.05, 3.63) is 29.8 Å². The second kappa shape index (κ2) is 5.30. The Labute approximate surface area is 104 Å². The molecular formula is C12H14F2N2O2. The van der Waals surface area contributed by atoms with Gasteiger partial charge in [0.1, 0.15) is 5.75 Å². The molecule has 98 valence electrons. The van der Waals surface area contributed by atoms with Crippen LogP contribution in [0.3, 0.4) is 0 Å². The summed E-state index contributed by atoms with van der Waals surface area (Å²) in [6.07, 6.45) is 0. The van der Waals surface area contributed by atoms with Crippen molar-refractivity contribution in [1.29, 1.82) is 0 Å². The average molecular weight is 256 g/mol. The number of nitrogens with one attached hydrogen (secondary N) is 1. The fourth-order valence-corrected chi connectivity index (χ4v) is 1.70. The first kappa shape index (κ1) is 12.8. The Morgan fingerprint density at radius 2 is 2.00 bits per heavy atom. The monoisotopic (exact) mass is 256 g/mol. The van der Waals surface area contributed by atoms with E-state index in [2.05, 4.69) is 10.1 Å². The zero-order valence-corrected chi connectivity index (χ0v) is 9.90. The Morgan fingerprint density at radius 3 is 2.44 bits per heavy atom. The first-order chi connectivity index (χ1) is 8.58. The standard InChI is InChI=1S/C12H14F2N2O2/c1-16(9-6-15-7-9)11(17)8-2-4-10(5-3-8)18-12(13)14/h2-5,9,12,15H,6-7H2,1H3. The van der Waals surface area contributed by atoms with Crippen LogP contribution in [0.4, 0.5) is 8.78 Å². The first-order valence-corrected chi connectivity index (χ1v) is 5.60. The third-order valence-electron chi connectivity index (χ3n) is 2.95. The van der Waals surface area contributed by atoms with E-state index in [9.17, 15) is 13.6 Å². The minimum atomic E-state index is -2.85. The molecule has 4 nitrogen and oxygen atoms in total. The molecule has 0 aromatic heterocycles. The lowest BCUT2D eigenvalue weighted by Crippen LogP contribution is -2.57. The fraction of sp³-hybridized carbons (Fsp3) is 0.417. The van der Waals surface area contributed by atoms with Crippen molar-refractivity contribution in [2.45, 2.75) is 12.7 Å². The van der Waals surface area contributed by atoms with Crippen molar-refractivity contribution in [3.63, 3.8) is 0 Å². The molecule has 0 atom stereocenters. The number of amides is 1. The van der Waals surface area contributed by atoms with Gasteiger partial charge in [-0.05, 0) is 24.3 Å². The number of halogens is 2. The molecule has 18 heavy (non-hydrogen) atoms. The molecule has 0 aliphatic carbocycles. The van der Waals surface area contributed by atoms with Crippen molar-refractivity contribution in [1.82, 2.24) is 10.2 Å². The van der Waals surface area contributed by atoms with E-state index in [4.69, 9.17) is 0 Å². The molecule has 6 heteroatoms. The Hall–Kier alpha value is -1.69. The van der Waals surface area contributed by atoms with Gasteiger partial charge in [-0.15, -0.1) is 0 Å². The zero-order chi connectivity index (χ0) is 13.1. The highest BCUT2D eigenvalue weighted by Gasteiger charge is 2.25. The smallest absolute Gasteiger partial charge is 0.387 e. The number of rotatable bonds is 4. The molecule has 0 radical (unpaired) electrons. The molecule has 1 aromatic rings. The van der Waals surface area contributed by atoms with Crippen LogP contribution in [-0.4, -0.2) is 43.6 Å². The van der Waals surface area contributed by atoms with Crippen LogP contribution < -0.4 is 10.1 Å². The Balaban J connectivity index is 2.01. The zero-order valence-electron chi connectivity index (χ0n) is 9.90. The van der Waals surface area contributed by atoms with Gasteiger partial charge in [0.05, 0.1) is 6.04 Å². The number of hydrogen-bond donors (Lipinski definition) is 1. The maximum absolute atomic E-state index is 12.0. The summed E-state index contributed by atoms with van der Waals surface area (Å²) in [7, 11) is 1.73. The highest BCUT2D eigenvalue weighted by atomic mass is 19.3. The molecule has 1 aliphatic rings. The van der Waals surface area contributed by atoms with E-state index in [1.54, 1.807) is 11.9 Å². The lowest BCUT2D eigenvalue weighted by Gasteiger charge is -2.35. The third-order valence-corrected chi connectivity index (χ3v) is 2.95. The molecular weight excluding hydrogens is 242 g/mol. The summed E-state index contributed by atoms with van der Waals surface area (Å²) >= 11 is 0. The maximum atomic E-state index is 12.0. The molecule has 1 heterocycles. The van der Waals surface area contributed by atoms with Crippen molar-refractivity contribution in [2.75, 3.05) is 20.1 Å². The van der Waals surface area contributed by atoms with Gasteiger partial charge in [-0.3, -0.25) is 4.79 Å². The topological polar surface area (TPSA) is 41.6 Å². The molecule has 0 bridgehead atoms. The molecule has 1 saturated heterocycles. The van der Waals surface area contributed by atoms with Gasteiger partial charge in [-0.25, -0.2) is 0 Å². The van der Waals surface area contributed by atoms with Crippen LogP contribution in [0.5, 0.6) is 5.75 Å². The van der Waals surface area contributed by atoms with E-state index in [0.717, 1.165) is 13.1 Å². The SMILES string of the molecule is CN(C(=O)c1ccc(OC(F)F)cc1)C1CNC1. The molecule has 2 rings (SSSR count). The number of alkyl halides is 2. The van der Waals surface area contributed by atoms with Crippen LogP contribution in [0, 0.1) is 0 Å². The molecule has 1 aliphatic heterocycles. The maximum Gasteiger partial charge on any atom is 0.387 e. The lowest BCUT2D eigenvalue weighted by atomic mass is 10.1. The summed E-state index contributed by atoms with van der Waals surface area (Å²) in [6.45, 7) is -1.28. The molecule has 0 spiro atoms. The molecule has 0 unspecified atom stereocenters. The summed E-state index contributed by atoms with van der Waals surface area (Å²) in [5.41, 5.74) is 0.464. The summed E-state index contributed by atoms with van der Waals surface area (Å²) in [5.74, 6) is -0.0698. The Bertz CT molecular complexity index is 419. The number of ether oxygens (including phenoxy) is 1. The Morgan fingerprint density at radius 1 is 1.39 bits per heavy atom. The quantitative estimate of drug-likeness (QED) is 0.883. The van der Waals surface area contributed by atoms with Gasteiger partial charge in [0.2, 0.25) is 0 Å². The van der Waals surface area contributed by atoms with Gasteiger partial charge in [-0.1, -0.05) is 0 Å². The van der Waals surface area contributed by atoms with Crippen molar-refractivity contribution in [3.8, 4) is 5.75 Å². The number of likely N-dealkylation sites (N-methyl/N-ethyl adjacent to an activating group) is 1. The number of carbonyl (C=O) groups excluding carboxylic acids is 1. The summed E-state index contributed by atoms with van der Waals surface area (Å²) < 4.78 is 28.1. The van der Waals surface area contributed by atoms with E-state index in [1.807, 2.05) is 0 Å². The van der Waals surface area contributed by atoms with Gasteiger partial charge in [-0.2, -0.15) is 8.78 Å². The average Bonchev–Trinajstić information content (AvgIpc) is 2.26. The van der Waals surface area contributed by atoms with Crippen molar-refractivity contribution < 1.29 is 18.3 Å². The van der Waals surface area contributed by atoms with E-state index in [0.29, 0.717) is 5.56 Å². The van der Waals surface area contributed by atoms with Gasteiger partial charge in [0, 0.05) is 25.7 Å². The van der Waals surface area contributed by atoms with Gasteiger partial charge in [0.25, 0.3) is 5.91 Å². The largest absolute Gasteiger partial charge is 0.435 e. The minimum absolute atomic E-state index is 0.0505. The van der Waals surface area contributed by atoms with Crippen molar-refractivity contribution in [2.24, 2.45) is 0 Å². The highest BCUT2D eigenvalue weighted by Crippen LogP contribution is 2.16. The minimum Gasteiger partial charge on any atom is -0.435 e. The second-order valence-corrected chi connectivity index (χ2v) is 4.13. The predicted molar refractivity (Wildman–Crippen MR) is 61.8 cm³/mol. The highest BCUT2D eigenvalue weighted by molar-refractivity contribution is 5.94. The molecule has 1 N–H and O–H groups in total. The number of carbonyl (C=O) groups is 1. The third kappa shape index (κ3) is 2.76. The van der Waals surface area contributed by atoms with Crippen LogP contribution in [0.15, 0.2) is 24.3 Å². The van der Waals surface area contributed by atoms with Gasteiger partial charge < -0.3 is 15.0 Å². The first-order valence-electron chi connectivity index (χ1n) is 5.60. The molecule has 0 saturated carbocycles. The van der Waals surface area contributed by atoms with Crippen LogP contribution in [-0.2, 0) is 0 Å². The Kier molecular flexibility index (Phi) is 3.76. The fourth-order valence-electron chi connectivity index (χ4n) is 1.70. The summed E-state index contributed by atoms with van der Waals surface area (Å²) in [5, 5.41) is 3.08. The summed E-state index contributed by atoms with van der Waals surface area (Å²) in [6, 6.07) is 5.92. The lowest BCUT2D eigenvalue weighted by molar-refractivity contribution is -0.0498. The summed E-state index contributed by atoms with van der Waals surface area (Å²) in [4.78, 5) is 13.7. The van der Waals surface area contributed by atoms with E-state index in [1.165, 1.54) is 24.3 Å². The van der Waals surface area contributed by atoms with E-state index in [-0.39, 0.29) is 17.7 Å². The predicted octanol–water partition coefficient (Wildman–Crippen LogP) is 1.33. The van der Waals surface area contributed by atoms with Crippen molar-refractivity contribution >= 4 is 5.91 Å². The second-order valence-electron chi connectivity index (χ2n) is 4.13. The number of benzene rings is 1. The van der Waals surface area contributed by atoms with E-state index < -0.39 is 6.61 Å². The number of hydrogen-bond acceptors (Lipinski definition) is 3. The number of nitrogens with zero attached hydrogens (tertiary/aromatic N) is 1. The van der Waals surface area contributed by atoms with E-state index >= 15 is 0 Å². The van der Waals surface area contributed by atoms with Crippen LogP contribution in [0.2, 0.25) is 0 Å². The normalized spacial score (nSPS) is 15.3. The van der Waals surface area contributed by atoms with Crippen LogP contribution in [0.1, 0.15) is 10.4 Å². The molecule has 1 fully saturated rings. The molecule has 1 amide bonds. The molecule has 1 aromatic carbocycles. The van der Waals surface area contributed by atoms with Crippen LogP contribution in [0.25, 0.3) is 0 Å². The van der Waals surface area contributed by atoms with Gasteiger partial charge in [0.15, 0.2) is 0 Å². The van der Waals surface area contributed by atoms with Gasteiger partial charge >= 0.3 is 6.61 Å². The van der Waals surface area contributed by atoms with Crippen LogP contribution >= 0.6 is 0 Å².